The van der Waals surface area contributed by atoms with Crippen molar-refractivity contribution < 1.29 is 4.79 Å². The van der Waals surface area contributed by atoms with Gasteiger partial charge in [-0.1, -0.05) is 48.1 Å². The smallest absolute Gasteiger partial charge is 0.227 e. The number of hydrogen-bond acceptors (Lipinski definition) is 1. The molecule has 0 aromatic heterocycles. The number of amides is 1. The summed E-state index contributed by atoms with van der Waals surface area (Å²) in [4.78, 5) is 14.6. The average molecular weight is 267 g/mol. The molecule has 0 spiro atoms. The fourth-order valence-corrected chi connectivity index (χ4v) is 3.63. The second kappa shape index (κ2) is 5.28. The Balaban J connectivity index is 2.03. The van der Waals surface area contributed by atoms with Crippen molar-refractivity contribution in [3.05, 3.63) is 60.2 Å². The summed E-state index contributed by atoms with van der Waals surface area (Å²) in [5, 5.41) is 0. The van der Waals surface area contributed by atoms with Crippen LogP contribution < -0.4 is 0 Å². The first-order valence-corrected chi connectivity index (χ1v) is 7.37. The standard InChI is InChI=1S/C18H21NO/c1-3-11-19-17(14-8-6-7-13(2)12-14)15-9-4-5-10-16(15)18(19)20/h3-4,6-9,12,15-17H,1,5,10-11H2,2H3/t15-,16-,17-/m1/s1. The molecule has 1 aliphatic carbocycles. The topological polar surface area (TPSA) is 20.3 Å². The Bertz CT molecular complexity index is 560. The van der Waals surface area contributed by atoms with Crippen LogP contribution in [0.25, 0.3) is 0 Å². The molecule has 3 rings (SSSR count). The molecule has 20 heavy (non-hydrogen) atoms. The number of likely N-dealkylation sites (tertiary alicyclic amines) is 1. The molecule has 104 valence electrons. The molecule has 1 amide bonds. The van der Waals surface area contributed by atoms with Gasteiger partial charge in [0.2, 0.25) is 5.91 Å². The quantitative estimate of drug-likeness (QED) is 0.766. The third-order valence-electron chi connectivity index (χ3n) is 4.48. The normalized spacial score (nSPS) is 28.6. The maximum absolute atomic E-state index is 12.6. The predicted octanol–water partition coefficient (Wildman–Crippen LogP) is 3.65. The molecule has 3 atom stereocenters. The van der Waals surface area contributed by atoms with E-state index in [0.29, 0.717) is 18.4 Å². The Hall–Kier alpha value is -1.83. The van der Waals surface area contributed by atoms with Crippen molar-refractivity contribution in [2.45, 2.75) is 25.8 Å². The average Bonchev–Trinajstić information content (AvgIpc) is 2.73. The number of carbonyl (C=O) groups is 1. The first-order chi connectivity index (χ1) is 9.72. The van der Waals surface area contributed by atoms with Gasteiger partial charge < -0.3 is 4.90 Å². The molecule has 1 heterocycles. The molecule has 1 saturated heterocycles. The van der Waals surface area contributed by atoms with Gasteiger partial charge in [0.05, 0.1) is 6.04 Å². The number of benzene rings is 1. The molecule has 1 aliphatic heterocycles. The third-order valence-corrected chi connectivity index (χ3v) is 4.48. The number of fused-ring (bicyclic) bond motifs is 1. The van der Waals surface area contributed by atoms with E-state index in [1.807, 2.05) is 11.0 Å². The molecule has 0 unspecified atom stereocenters. The second-order valence-corrected chi connectivity index (χ2v) is 5.83. The zero-order valence-corrected chi connectivity index (χ0v) is 12.0. The number of hydrogen-bond donors (Lipinski definition) is 0. The van der Waals surface area contributed by atoms with Crippen molar-refractivity contribution in [1.29, 1.82) is 0 Å². The van der Waals surface area contributed by atoms with Crippen LogP contribution >= 0.6 is 0 Å². The van der Waals surface area contributed by atoms with Crippen molar-refractivity contribution >= 4 is 5.91 Å². The van der Waals surface area contributed by atoms with E-state index in [9.17, 15) is 4.79 Å². The van der Waals surface area contributed by atoms with Gasteiger partial charge in [-0.25, -0.2) is 0 Å². The Morgan fingerprint density at radius 2 is 2.30 bits per heavy atom. The van der Waals surface area contributed by atoms with Crippen LogP contribution in [0, 0.1) is 18.8 Å². The molecule has 1 fully saturated rings. The van der Waals surface area contributed by atoms with Crippen LogP contribution in [-0.4, -0.2) is 17.4 Å². The molecule has 0 saturated carbocycles. The van der Waals surface area contributed by atoms with E-state index in [0.717, 1.165) is 12.8 Å². The summed E-state index contributed by atoms with van der Waals surface area (Å²) in [6.07, 6.45) is 8.32. The van der Waals surface area contributed by atoms with E-state index >= 15 is 0 Å². The van der Waals surface area contributed by atoms with E-state index in [4.69, 9.17) is 0 Å². The third kappa shape index (κ3) is 2.09. The van der Waals surface area contributed by atoms with Crippen LogP contribution in [0.15, 0.2) is 49.1 Å². The van der Waals surface area contributed by atoms with Gasteiger partial charge in [-0.3, -0.25) is 4.79 Å². The van der Waals surface area contributed by atoms with Gasteiger partial charge in [0.25, 0.3) is 0 Å². The van der Waals surface area contributed by atoms with Gasteiger partial charge in [-0.2, -0.15) is 0 Å². The summed E-state index contributed by atoms with van der Waals surface area (Å²) in [5.74, 6) is 0.772. The summed E-state index contributed by atoms with van der Waals surface area (Å²) in [6, 6.07) is 8.71. The van der Waals surface area contributed by atoms with Gasteiger partial charge in [0.1, 0.15) is 0 Å². The summed E-state index contributed by atoms with van der Waals surface area (Å²) in [5.41, 5.74) is 2.50. The van der Waals surface area contributed by atoms with Crippen LogP contribution in [0.3, 0.4) is 0 Å². The molecule has 2 heteroatoms. The zero-order valence-electron chi connectivity index (χ0n) is 12.0. The number of aryl methyl sites for hydroxylation is 1. The number of allylic oxidation sites excluding steroid dienone is 1. The van der Waals surface area contributed by atoms with Crippen molar-refractivity contribution in [2.24, 2.45) is 11.8 Å². The highest BCUT2D eigenvalue weighted by molar-refractivity contribution is 5.83. The predicted molar refractivity (Wildman–Crippen MR) is 81.2 cm³/mol. The Morgan fingerprint density at radius 1 is 1.45 bits per heavy atom. The fraction of sp³-hybridized carbons (Fsp3) is 0.389. The molecule has 2 aliphatic rings. The molecule has 1 aromatic carbocycles. The lowest BCUT2D eigenvalue weighted by atomic mass is 9.80. The summed E-state index contributed by atoms with van der Waals surface area (Å²) in [7, 11) is 0. The highest BCUT2D eigenvalue weighted by Gasteiger charge is 2.47. The Labute approximate surface area is 120 Å². The second-order valence-electron chi connectivity index (χ2n) is 5.83. The highest BCUT2D eigenvalue weighted by Crippen LogP contribution is 2.46. The SMILES string of the molecule is C=CCN1C(=O)[C@@H]2CCC=C[C@H]2[C@H]1c1cccc(C)c1. The van der Waals surface area contributed by atoms with E-state index in [-0.39, 0.29) is 12.0 Å². The van der Waals surface area contributed by atoms with Gasteiger partial charge in [-0.15, -0.1) is 6.58 Å². The van der Waals surface area contributed by atoms with Gasteiger partial charge >= 0.3 is 0 Å². The van der Waals surface area contributed by atoms with Crippen molar-refractivity contribution in [3.63, 3.8) is 0 Å². The summed E-state index contributed by atoms with van der Waals surface area (Å²) in [6.45, 7) is 6.55. The molecule has 2 nitrogen and oxygen atoms in total. The van der Waals surface area contributed by atoms with E-state index in [1.54, 1.807) is 0 Å². The monoisotopic (exact) mass is 267 g/mol. The zero-order chi connectivity index (χ0) is 14.1. The van der Waals surface area contributed by atoms with Crippen LogP contribution in [0.2, 0.25) is 0 Å². The minimum Gasteiger partial charge on any atom is -0.331 e. The van der Waals surface area contributed by atoms with Crippen LogP contribution in [0.1, 0.15) is 30.0 Å². The maximum Gasteiger partial charge on any atom is 0.227 e. The lowest BCUT2D eigenvalue weighted by Gasteiger charge is -2.27. The summed E-state index contributed by atoms with van der Waals surface area (Å²) < 4.78 is 0. The fourth-order valence-electron chi connectivity index (χ4n) is 3.63. The van der Waals surface area contributed by atoms with Crippen molar-refractivity contribution in [3.8, 4) is 0 Å². The molecular formula is C18H21NO. The Morgan fingerprint density at radius 3 is 3.05 bits per heavy atom. The van der Waals surface area contributed by atoms with Crippen LogP contribution in [0.4, 0.5) is 0 Å². The largest absolute Gasteiger partial charge is 0.331 e. The number of rotatable bonds is 3. The molecular weight excluding hydrogens is 246 g/mol. The maximum atomic E-state index is 12.6. The molecule has 0 radical (unpaired) electrons. The minimum atomic E-state index is 0.158. The molecule has 0 N–H and O–H groups in total. The lowest BCUT2D eigenvalue weighted by molar-refractivity contribution is -0.131. The van der Waals surface area contributed by atoms with E-state index < -0.39 is 0 Å². The lowest BCUT2D eigenvalue weighted by Crippen LogP contribution is -2.29. The van der Waals surface area contributed by atoms with Gasteiger partial charge in [0.15, 0.2) is 0 Å². The van der Waals surface area contributed by atoms with Crippen LogP contribution in [-0.2, 0) is 4.79 Å². The van der Waals surface area contributed by atoms with Crippen molar-refractivity contribution in [2.75, 3.05) is 6.54 Å². The first-order valence-electron chi connectivity index (χ1n) is 7.37. The summed E-state index contributed by atoms with van der Waals surface area (Å²) >= 11 is 0. The minimum absolute atomic E-state index is 0.158. The number of nitrogens with zero attached hydrogens (tertiary/aromatic N) is 1. The van der Waals surface area contributed by atoms with Crippen molar-refractivity contribution in [1.82, 2.24) is 4.90 Å². The molecule has 0 bridgehead atoms. The van der Waals surface area contributed by atoms with Gasteiger partial charge in [0, 0.05) is 18.4 Å². The van der Waals surface area contributed by atoms with E-state index in [2.05, 4.69) is 49.9 Å². The highest BCUT2D eigenvalue weighted by atomic mass is 16.2. The molecule has 1 aromatic rings. The Kier molecular flexibility index (Phi) is 3.47. The van der Waals surface area contributed by atoms with E-state index in [1.165, 1.54) is 11.1 Å². The first kappa shape index (κ1) is 13.2. The van der Waals surface area contributed by atoms with Gasteiger partial charge in [-0.05, 0) is 25.3 Å². The number of carbonyl (C=O) groups excluding carboxylic acids is 1. The van der Waals surface area contributed by atoms with Crippen LogP contribution in [0.5, 0.6) is 0 Å².